The van der Waals surface area contributed by atoms with Crippen LogP contribution >= 0.6 is 0 Å². The van der Waals surface area contributed by atoms with Gasteiger partial charge in [0.1, 0.15) is 0 Å². The van der Waals surface area contributed by atoms with E-state index in [4.69, 9.17) is 4.74 Å². The molecular formula is C20H28N2O3. The molecule has 1 saturated heterocycles. The number of benzene rings is 1. The predicted octanol–water partition coefficient (Wildman–Crippen LogP) is 2.78. The third-order valence-electron chi connectivity index (χ3n) is 5.14. The van der Waals surface area contributed by atoms with Gasteiger partial charge in [0.15, 0.2) is 0 Å². The van der Waals surface area contributed by atoms with Crippen molar-refractivity contribution in [1.29, 1.82) is 0 Å². The molecule has 2 amide bonds. The van der Waals surface area contributed by atoms with E-state index in [1.807, 2.05) is 30.4 Å². The van der Waals surface area contributed by atoms with Crippen molar-refractivity contribution in [1.82, 2.24) is 10.6 Å². The van der Waals surface area contributed by atoms with Gasteiger partial charge < -0.3 is 20.5 Å². The molecule has 136 valence electrons. The average molecular weight is 344 g/mol. The highest BCUT2D eigenvalue weighted by molar-refractivity contribution is 5.75. The quantitative estimate of drug-likeness (QED) is 0.695. The van der Waals surface area contributed by atoms with Crippen LogP contribution in [0.4, 0.5) is 4.79 Å². The van der Waals surface area contributed by atoms with Gasteiger partial charge in [-0.1, -0.05) is 42.5 Å². The van der Waals surface area contributed by atoms with Crippen molar-refractivity contribution in [3.05, 3.63) is 48.0 Å². The fraction of sp³-hybridized carbons (Fsp3) is 0.550. The zero-order chi connectivity index (χ0) is 17.5. The van der Waals surface area contributed by atoms with Gasteiger partial charge in [-0.05, 0) is 37.2 Å². The fourth-order valence-electron chi connectivity index (χ4n) is 3.66. The minimum absolute atomic E-state index is 0.00308. The summed E-state index contributed by atoms with van der Waals surface area (Å²) < 4.78 is 5.45. The minimum Gasteiger partial charge on any atom is -0.396 e. The Hall–Kier alpha value is -1.85. The van der Waals surface area contributed by atoms with E-state index in [-0.39, 0.29) is 30.6 Å². The number of aliphatic hydroxyl groups excluding tert-OH is 1. The maximum absolute atomic E-state index is 12.5. The van der Waals surface area contributed by atoms with Crippen LogP contribution in [0.2, 0.25) is 0 Å². The van der Waals surface area contributed by atoms with E-state index in [0.717, 1.165) is 44.5 Å². The van der Waals surface area contributed by atoms with Crippen molar-refractivity contribution in [2.75, 3.05) is 19.8 Å². The van der Waals surface area contributed by atoms with Gasteiger partial charge in [0.2, 0.25) is 0 Å². The zero-order valence-corrected chi connectivity index (χ0v) is 14.6. The van der Waals surface area contributed by atoms with Crippen LogP contribution in [0.1, 0.15) is 37.3 Å². The van der Waals surface area contributed by atoms with Crippen molar-refractivity contribution in [2.24, 2.45) is 11.8 Å². The van der Waals surface area contributed by atoms with E-state index in [1.54, 1.807) is 0 Å². The second kappa shape index (κ2) is 9.02. The number of carbonyl (C=O) groups is 1. The average Bonchev–Trinajstić information content (AvgIpc) is 3.10. The Labute approximate surface area is 149 Å². The Balaban J connectivity index is 1.59. The van der Waals surface area contributed by atoms with Crippen LogP contribution in [0.3, 0.4) is 0 Å². The Kier molecular flexibility index (Phi) is 6.48. The summed E-state index contributed by atoms with van der Waals surface area (Å²) in [6, 6.07) is 10.0. The van der Waals surface area contributed by atoms with Gasteiger partial charge in [-0.2, -0.15) is 0 Å². The van der Waals surface area contributed by atoms with Gasteiger partial charge in [0.05, 0.1) is 6.04 Å². The van der Waals surface area contributed by atoms with Crippen LogP contribution < -0.4 is 10.6 Å². The number of nitrogens with one attached hydrogen (secondary N) is 2. The lowest BCUT2D eigenvalue weighted by atomic mass is 9.89. The highest BCUT2D eigenvalue weighted by Gasteiger charge is 2.24. The first-order valence-electron chi connectivity index (χ1n) is 9.23. The summed E-state index contributed by atoms with van der Waals surface area (Å²) in [5.41, 5.74) is 1.14. The Morgan fingerprint density at radius 1 is 1.20 bits per heavy atom. The molecular weight excluding hydrogens is 316 g/mol. The fourth-order valence-corrected chi connectivity index (χ4v) is 3.66. The van der Waals surface area contributed by atoms with E-state index in [0.29, 0.717) is 5.92 Å². The molecule has 1 aliphatic carbocycles. The molecule has 3 atom stereocenters. The number of amides is 2. The number of hydrogen-bond donors (Lipinski definition) is 3. The van der Waals surface area contributed by atoms with Crippen LogP contribution in [-0.2, 0) is 4.74 Å². The smallest absolute Gasteiger partial charge is 0.315 e. The third-order valence-corrected chi connectivity index (χ3v) is 5.14. The Morgan fingerprint density at radius 3 is 2.64 bits per heavy atom. The molecule has 25 heavy (non-hydrogen) atoms. The summed E-state index contributed by atoms with van der Waals surface area (Å²) in [4.78, 5) is 12.5. The van der Waals surface area contributed by atoms with E-state index in [1.165, 1.54) is 0 Å². The van der Waals surface area contributed by atoms with Crippen LogP contribution in [0.5, 0.6) is 0 Å². The highest BCUT2D eigenvalue weighted by Crippen LogP contribution is 2.27. The molecule has 0 bridgehead atoms. The molecule has 1 aromatic carbocycles. The molecule has 5 nitrogen and oxygen atoms in total. The topological polar surface area (TPSA) is 70.6 Å². The number of aliphatic hydroxyl groups is 1. The predicted molar refractivity (Wildman–Crippen MR) is 97.1 cm³/mol. The van der Waals surface area contributed by atoms with Crippen LogP contribution in [-0.4, -0.2) is 37.0 Å². The largest absolute Gasteiger partial charge is 0.396 e. The van der Waals surface area contributed by atoms with Gasteiger partial charge >= 0.3 is 6.03 Å². The molecule has 2 aliphatic rings. The van der Waals surface area contributed by atoms with Crippen LogP contribution in [0, 0.1) is 11.8 Å². The molecule has 0 radical (unpaired) electrons. The molecule has 3 N–H and O–H groups in total. The maximum atomic E-state index is 12.5. The summed E-state index contributed by atoms with van der Waals surface area (Å²) >= 11 is 0. The van der Waals surface area contributed by atoms with Gasteiger partial charge in [0, 0.05) is 31.8 Å². The maximum Gasteiger partial charge on any atom is 0.315 e. The van der Waals surface area contributed by atoms with E-state index in [9.17, 15) is 9.90 Å². The van der Waals surface area contributed by atoms with E-state index < -0.39 is 0 Å². The lowest BCUT2D eigenvalue weighted by molar-refractivity contribution is 0.0608. The summed E-state index contributed by atoms with van der Waals surface area (Å²) in [5, 5.41) is 15.4. The van der Waals surface area contributed by atoms with Gasteiger partial charge in [0.25, 0.3) is 0 Å². The Bertz CT molecular complexity index is 570. The third kappa shape index (κ3) is 5.31. The van der Waals surface area contributed by atoms with Crippen molar-refractivity contribution >= 4 is 6.03 Å². The van der Waals surface area contributed by atoms with Crippen molar-refractivity contribution in [3.8, 4) is 0 Å². The minimum atomic E-state index is -0.144. The monoisotopic (exact) mass is 344 g/mol. The number of carbonyl (C=O) groups excluding carboxylic acids is 1. The first-order chi connectivity index (χ1) is 12.2. The molecule has 1 aromatic rings. The molecule has 1 fully saturated rings. The zero-order valence-electron chi connectivity index (χ0n) is 14.6. The van der Waals surface area contributed by atoms with E-state index in [2.05, 4.69) is 22.8 Å². The number of rotatable bonds is 6. The summed E-state index contributed by atoms with van der Waals surface area (Å²) in [5.74, 6) is 0.724. The molecule has 1 unspecified atom stereocenters. The van der Waals surface area contributed by atoms with Gasteiger partial charge in [-0.15, -0.1) is 0 Å². The molecule has 0 spiro atoms. The lowest BCUT2D eigenvalue weighted by Crippen LogP contribution is -2.43. The van der Waals surface area contributed by atoms with Gasteiger partial charge in [-0.25, -0.2) is 4.79 Å². The normalized spacial score (nSPS) is 24.8. The van der Waals surface area contributed by atoms with Crippen molar-refractivity contribution in [3.63, 3.8) is 0 Å². The lowest BCUT2D eigenvalue weighted by Gasteiger charge is -2.28. The summed E-state index contributed by atoms with van der Waals surface area (Å²) in [7, 11) is 0. The van der Waals surface area contributed by atoms with Crippen LogP contribution in [0.25, 0.3) is 0 Å². The first kappa shape index (κ1) is 18.0. The second-order valence-corrected chi connectivity index (χ2v) is 7.04. The standard InChI is InChI=1S/C20H28N2O3/c23-14-16-6-7-18(12-16)21-20(24)22-19(17-4-2-1-3-5-17)13-15-8-10-25-11-9-15/h1-7,15-16,18-19,23H,8-14H2,(H2,21,22,24)/t16-,18+,19?/m0/s1. The number of hydrogen-bond acceptors (Lipinski definition) is 3. The van der Waals surface area contributed by atoms with E-state index >= 15 is 0 Å². The molecule has 0 saturated carbocycles. The van der Waals surface area contributed by atoms with Crippen LogP contribution in [0.15, 0.2) is 42.5 Å². The SMILES string of the molecule is O=C(NC(CC1CCOCC1)c1ccccc1)N[C@@H]1C=C[C@H](CO)C1. The summed E-state index contributed by atoms with van der Waals surface area (Å²) in [6.07, 6.45) is 7.74. The highest BCUT2D eigenvalue weighted by atomic mass is 16.5. The molecule has 1 aliphatic heterocycles. The molecule has 0 aromatic heterocycles. The first-order valence-corrected chi connectivity index (χ1v) is 9.23. The number of ether oxygens (including phenoxy) is 1. The second-order valence-electron chi connectivity index (χ2n) is 7.04. The number of urea groups is 1. The molecule has 3 rings (SSSR count). The molecule has 5 heteroatoms. The van der Waals surface area contributed by atoms with Gasteiger partial charge in [-0.3, -0.25) is 0 Å². The Morgan fingerprint density at radius 2 is 1.96 bits per heavy atom. The van der Waals surface area contributed by atoms with Crippen molar-refractivity contribution < 1.29 is 14.6 Å². The summed E-state index contributed by atoms with van der Waals surface area (Å²) in [6.45, 7) is 1.76. The van der Waals surface area contributed by atoms with Crippen molar-refractivity contribution in [2.45, 2.75) is 37.8 Å². The molecule has 1 heterocycles.